The molecule has 0 amide bonds. The van der Waals surface area contributed by atoms with Gasteiger partial charge in [-0.25, -0.2) is 0 Å². The van der Waals surface area contributed by atoms with Crippen LogP contribution in [0.5, 0.6) is 0 Å². The number of anilines is 2. The first-order chi connectivity index (χ1) is 4.74. The summed E-state index contributed by atoms with van der Waals surface area (Å²) in [5, 5.41) is 6.62. The van der Waals surface area contributed by atoms with Crippen LogP contribution in [0.25, 0.3) is 0 Å². The molecule has 1 aromatic rings. The van der Waals surface area contributed by atoms with Crippen molar-refractivity contribution in [3.8, 4) is 0 Å². The molecule has 0 unspecified atom stereocenters. The maximum atomic E-state index is 4.87. The van der Waals surface area contributed by atoms with E-state index in [2.05, 4.69) is 10.5 Å². The zero-order chi connectivity index (χ0) is 7.56. The van der Waals surface area contributed by atoms with E-state index in [1.807, 2.05) is 25.1 Å². The Bertz CT molecular complexity index is 207. The molecule has 10 heavy (non-hydrogen) atoms. The molecule has 0 aromatic carbocycles. The molecule has 0 spiro atoms. The first-order valence-electron chi connectivity index (χ1n) is 3.06. The topological polar surface area (TPSA) is 41.3 Å². The summed E-state index contributed by atoms with van der Waals surface area (Å²) in [6.45, 7) is 0. The van der Waals surface area contributed by atoms with Crippen molar-refractivity contribution in [2.75, 3.05) is 31.4 Å². The van der Waals surface area contributed by atoms with Gasteiger partial charge in [-0.15, -0.1) is 0 Å². The molecule has 0 aliphatic rings. The number of hydrogen-bond acceptors (Lipinski definition) is 4. The fraction of sp³-hybridized carbons (Fsp3) is 0.500. The SMILES string of the molecule is CNc1cc(N(C)C)no1. The Balaban J connectivity index is 2.78. The quantitative estimate of drug-likeness (QED) is 0.660. The summed E-state index contributed by atoms with van der Waals surface area (Å²) in [4.78, 5) is 1.88. The van der Waals surface area contributed by atoms with E-state index in [4.69, 9.17) is 4.52 Å². The number of hydrogen-bond donors (Lipinski definition) is 1. The lowest BCUT2D eigenvalue weighted by molar-refractivity contribution is 0.435. The Hall–Kier alpha value is -1.19. The lowest BCUT2D eigenvalue weighted by atomic mass is 10.5. The van der Waals surface area contributed by atoms with Crippen molar-refractivity contribution < 1.29 is 4.52 Å². The van der Waals surface area contributed by atoms with Gasteiger partial charge in [-0.05, 0) is 0 Å². The summed E-state index contributed by atoms with van der Waals surface area (Å²) in [6.07, 6.45) is 0. The van der Waals surface area contributed by atoms with Crippen molar-refractivity contribution >= 4 is 11.7 Å². The highest BCUT2D eigenvalue weighted by atomic mass is 16.5. The Morgan fingerprint density at radius 2 is 2.30 bits per heavy atom. The second kappa shape index (κ2) is 2.60. The summed E-state index contributed by atoms with van der Waals surface area (Å²) in [6, 6.07) is 1.83. The predicted molar refractivity (Wildman–Crippen MR) is 40.4 cm³/mol. The Kier molecular flexibility index (Phi) is 1.80. The van der Waals surface area contributed by atoms with Gasteiger partial charge in [-0.3, -0.25) is 0 Å². The van der Waals surface area contributed by atoms with E-state index in [1.54, 1.807) is 7.05 Å². The van der Waals surface area contributed by atoms with Crippen molar-refractivity contribution in [2.24, 2.45) is 0 Å². The molecule has 56 valence electrons. The van der Waals surface area contributed by atoms with Crippen LogP contribution in [0.15, 0.2) is 10.6 Å². The molecule has 1 rings (SSSR count). The maximum absolute atomic E-state index is 4.87. The first kappa shape index (κ1) is 6.92. The number of rotatable bonds is 2. The number of nitrogens with one attached hydrogen (secondary N) is 1. The summed E-state index contributed by atoms with van der Waals surface area (Å²) >= 11 is 0. The van der Waals surface area contributed by atoms with Gasteiger partial charge in [0.2, 0.25) is 5.88 Å². The molecule has 0 saturated carbocycles. The molecule has 0 aliphatic carbocycles. The van der Waals surface area contributed by atoms with Crippen LogP contribution in [0.4, 0.5) is 11.7 Å². The first-order valence-corrected chi connectivity index (χ1v) is 3.06. The molecule has 0 radical (unpaired) electrons. The van der Waals surface area contributed by atoms with Crippen LogP contribution in [-0.2, 0) is 0 Å². The molecule has 1 heterocycles. The number of nitrogens with zero attached hydrogens (tertiary/aromatic N) is 2. The molecule has 4 nitrogen and oxygen atoms in total. The highest BCUT2D eigenvalue weighted by Crippen LogP contribution is 2.14. The zero-order valence-corrected chi connectivity index (χ0v) is 6.38. The van der Waals surface area contributed by atoms with Crippen LogP contribution in [0, 0.1) is 0 Å². The minimum atomic E-state index is 0.684. The van der Waals surface area contributed by atoms with Crippen LogP contribution in [0.1, 0.15) is 0 Å². The third-order valence-electron chi connectivity index (χ3n) is 1.20. The highest BCUT2D eigenvalue weighted by Gasteiger charge is 2.01. The van der Waals surface area contributed by atoms with Gasteiger partial charge < -0.3 is 14.7 Å². The molecule has 0 aliphatic heterocycles. The van der Waals surface area contributed by atoms with Crippen molar-refractivity contribution in [1.82, 2.24) is 5.16 Å². The minimum absolute atomic E-state index is 0.684. The number of aromatic nitrogens is 1. The Morgan fingerprint density at radius 1 is 1.60 bits per heavy atom. The Morgan fingerprint density at radius 3 is 2.60 bits per heavy atom. The van der Waals surface area contributed by atoms with Crippen molar-refractivity contribution in [3.63, 3.8) is 0 Å². The fourth-order valence-electron chi connectivity index (χ4n) is 0.594. The van der Waals surface area contributed by atoms with Crippen LogP contribution < -0.4 is 10.2 Å². The van der Waals surface area contributed by atoms with Crippen LogP contribution >= 0.6 is 0 Å². The predicted octanol–water partition coefficient (Wildman–Crippen LogP) is 0.782. The van der Waals surface area contributed by atoms with Gasteiger partial charge in [-0.1, -0.05) is 5.16 Å². The molecule has 1 N–H and O–H groups in total. The molecule has 4 heteroatoms. The lowest BCUT2D eigenvalue weighted by Gasteiger charge is -2.03. The van der Waals surface area contributed by atoms with Crippen LogP contribution in [0.2, 0.25) is 0 Å². The molecule has 1 aromatic heterocycles. The van der Waals surface area contributed by atoms with Gasteiger partial charge in [0.15, 0.2) is 5.82 Å². The van der Waals surface area contributed by atoms with E-state index in [1.165, 1.54) is 0 Å². The second-order valence-electron chi connectivity index (χ2n) is 2.19. The Labute approximate surface area is 59.8 Å². The van der Waals surface area contributed by atoms with Crippen LogP contribution in [0.3, 0.4) is 0 Å². The van der Waals surface area contributed by atoms with Gasteiger partial charge in [0, 0.05) is 27.2 Å². The van der Waals surface area contributed by atoms with E-state index >= 15 is 0 Å². The summed E-state index contributed by atoms with van der Waals surface area (Å²) in [5.74, 6) is 1.51. The fourth-order valence-corrected chi connectivity index (χ4v) is 0.594. The summed E-state index contributed by atoms with van der Waals surface area (Å²) < 4.78 is 4.87. The van der Waals surface area contributed by atoms with Gasteiger partial charge in [0.05, 0.1) is 0 Å². The smallest absolute Gasteiger partial charge is 0.226 e. The molecule has 0 atom stereocenters. The van der Waals surface area contributed by atoms with E-state index in [9.17, 15) is 0 Å². The standard InChI is InChI=1S/C6H11N3O/c1-7-6-4-5(8-10-6)9(2)3/h4,7H,1-3H3. The largest absolute Gasteiger partial charge is 0.360 e. The molecular weight excluding hydrogens is 130 g/mol. The maximum Gasteiger partial charge on any atom is 0.226 e. The van der Waals surface area contributed by atoms with E-state index < -0.39 is 0 Å². The van der Waals surface area contributed by atoms with Crippen molar-refractivity contribution in [1.29, 1.82) is 0 Å². The highest BCUT2D eigenvalue weighted by molar-refractivity contribution is 5.45. The summed E-state index contributed by atoms with van der Waals surface area (Å²) in [5.41, 5.74) is 0. The normalized spacial score (nSPS) is 9.50. The molecule has 0 fully saturated rings. The minimum Gasteiger partial charge on any atom is -0.360 e. The zero-order valence-electron chi connectivity index (χ0n) is 6.38. The molecule has 0 saturated heterocycles. The van der Waals surface area contributed by atoms with Gasteiger partial charge in [-0.2, -0.15) is 0 Å². The third kappa shape index (κ3) is 1.21. The van der Waals surface area contributed by atoms with Gasteiger partial charge in [0.1, 0.15) is 0 Å². The average Bonchev–Trinajstić information content (AvgIpc) is 2.34. The third-order valence-corrected chi connectivity index (χ3v) is 1.20. The van der Waals surface area contributed by atoms with Gasteiger partial charge in [0.25, 0.3) is 0 Å². The van der Waals surface area contributed by atoms with Crippen LogP contribution in [-0.4, -0.2) is 26.3 Å². The molecular formula is C6H11N3O. The molecule has 0 bridgehead atoms. The monoisotopic (exact) mass is 141 g/mol. The van der Waals surface area contributed by atoms with E-state index in [-0.39, 0.29) is 0 Å². The lowest BCUT2D eigenvalue weighted by Crippen LogP contribution is -2.08. The average molecular weight is 141 g/mol. The van der Waals surface area contributed by atoms with Crippen molar-refractivity contribution in [2.45, 2.75) is 0 Å². The van der Waals surface area contributed by atoms with E-state index in [0.29, 0.717) is 5.88 Å². The van der Waals surface area contributed by atoms with Crippen molar-refractivity contribution in [3.05, 3.63) is 6.07 Å². The van der Waals surface area contributed by atoms with E-state index in [0.717, 1.165) is 5.82 Å². The second-order valence-corrected chi connectivity index (χ2v) is 2.19. The summed E-state index contributed by atoms with van der Waals surface area (Å²) in [7, 11) is 5.62. The van der Waals surface area contributed by atoms with Gasteiger partial charge >= 0.3 is 0 Å².